The summed E-state index contributed by atoms with van der Waals surface area (Å²) >= 11 is 0. The summed E-state index contributed by atoms with van der Waals surface area (Å²) in [6, 6.07) is 21.2. The molecule has 3 rings (SSSR count). The average molecular weight is 335 g/mol. The van der Waals surface area contributed by atoms with Crippen LogP contribution in [0.15, 0.2) is 60.7 Å². The monoisotopic (exact) mass is 335 g/mol. The molecular formula is C22H25NO2. The first-order valence-electron chi connectivity index (χ1n) is 8.59. The van der Waals surface area contributed by atoms with Crippen molar-refractivity contribution in [1.29, 1.82) is 0 Å². The number of ether oxygens (including phenoxy) is 2. The molecular weight excluding hydrogens is 310 g/mol. The smallest absolute Gasteiger partial charge is 0.123 e. The normalized spacial score (nSPS) is 13.4. The summed E-state index contributed by atoms with van der Waals surface area (Å²) in [5.74, 6) is 1.70. The Kier molecular flexibility index (Phi) is 5.25. The fraction of sp³-hybridized carbons (Fsp3) is 0.273. The number of hydrogen-bond acceptors (Lipinski definition) is 3. The highest BCUT2D eigenvalue weighted by molar-refractivity contribution is 5.86. The molecule has 3 heteroatoms. The van der Waals surface area contributed by atoms with Crippen LogP contribution >= 0.6 is 0 Å². The maximum absolute atomic E-state index is 5.53. The zero-order chi connectivity index (χ0) is 17.8. The van der Waals surface area contributed by atoms with Gasteiger partial charge in [-0.3, -0.25) is 0 Å². The molecule has 3 nitrogen and oxygen atoms in total. The largest absolute Gasteiger partial charge is 0.497 e. The second-order valence-corrected chi connectivity index (χ2v) is 6.29. The first-order chi connectivity index (χ1) is 12.1. The highest BCUT2D eigenvalue weighted by Crippen LogP contribution is 2.32. The van der Waals surface area contributed by atoms with Gasteiger partial charge in [-0.15, -0.1) is 0 Å². The minimum absolute atomic E-state index is 0.124. The molecule has 0 saturated carbocycles. The molecule has 0 aromatic heterocycles. The molecule has 0 amide bonds. The molecule has 3 aromatic rings. The summed E-state index contributed by atoms with van der Waals surface area (Å²) in [5, 5.41) is 6.25. The number of fused-ring (bicyclic) bond motifs is 1. The van der Waals surface area contributed by atoms with Crippen LogP contribution in [0.25, 0.3) is 10.8 Å². The van der Waals surface area contributed by atoms with Gasteiger partial charge >= 0.3 is 0 Å². The summed E-state index contributed by atoms with van der Waals surface area (Å²) in [5.41, 5.74) is 2.39. The zero-order valence-corrected chi connectivity index (χ0v) is 15.2. The lowest BCUT2D eigenvalue weighted by Crippen LogP contribution is -2.23. The molecule has 0 radical (unpaired) electrons. The van der Waals surface area contributed by atoms with Gasteiger partial charge in [0, 0.05) is 17.6 Å². The Morgan fingerprint density at radius 2 is 1.48 bits per heavy atom. The minimum Gasteiger partial charge on any atom is -0.497 e. The van der Waals surface area contributed by atoms with E-state index in [-0.39, 0.29) is 12.1 Å². The molecule has 130 valence electrons. The lowest BCUT2D eigenvalue weighted by atomic mass is 9.98. The highest BCUT2D eigenvalue weighted by Gasteiger charge is 2.17. The minimum atomic E-state index is 0.124. The van der Waals surface area contributed by atoms with Gasteiger partial charge in [0.05, 0.1) is 14.2 Å². The summed E-state index contributed by atoms with van der Waals surface area (Å²) in [6.07, 6.45) is 0. The molecule has 25 heavy (non-hydrogen) atoms. The molecule has 0 aliphatic carbocycles. The van der Waals surface area contributed by atoms with Crippen LogP contribution in [0.1, 0.15) is 37.1 Å². The van der Waals surface area contributed by atoms with Crippen molar-refractivity contribution in [3.63, 3.8) is 0 Å². The lowest BCUT2D eigenvalue weighted by Gasteiger charge is -2.23. The number of nitrogens with one attached hydrogen (secondary N) is 1. The van der Waals surface area contributed by atoms with E-state index in [4.69, 9.17) is 9.47 Å². The van der Waals surface area contributed by atoms with E-state index >= 15 is 0 Å². The van der Waals surface area contributed by atoms with Crippen molar-refractivity contribution in [3.05, 3.63) is 71.8 Å². The van der Waals surface area contributed by atoms with E-state index < -0.39 is 0 Å². The van der Waals surface area contributed by atoms with Gasteiger partial charge in [0.15, 0.2) is 0 Å². The van der Waals surface area contributed by atoms with Gasteiger partial charge in [-0.1, -0.05) is 42.5 Å². The second-order valence-electron chi connectivity index (χ2n) is 6.29. The number of methoxy groups -OCH3 is 2. The van der Waals surface area contributed by atoms with Crippen LogP contribution < -0.4 is 14.8 Å². The van der Waals surface area contributed by atoms with Gasteiger partial charge in [0.2, 0.25) is 0 Å². The number of benzene rings is 3. The molecule has 0 unspecified atom stereocenters. The first kappa shape index (κ1) is 17.3. The molecule has 0 bridgehead atoms. The first-order valence-corrected chi connectivity index (χ1v) is 8.59. The molecule has 0 fully saturated rings. The number of rotatable bonds is 6. The molecule has 3 aromatic carbocycles. The maximum Gasteiger partial charge on any atom is 0.123 e. The van der Waals surface area contributed by atoms with Gasteiger partial charge in [-0.2, -0.15) is 0 Å². The molecule has 0 saturated heterocycles. The topological polar surface area (TPSA) is 30.5 Å². The highest BCUT2D eigenvalue weighted by atomic mass is 16.5. The molecule has 0 aliphatic heterocycles. The van der Waals surface area contributed by atoms with E-state index in [1.165, 1.54) is 16.3 Å². The fourth-order valence-corrected chi connectivity index (χ4v) is 3.36. The molecule has 0 spiro atoms. The number of hydrogen-bond donors (Lipinski definition) is 1. The lowest BCUT2D eigenvalue weighted by molar-refractivity contribution is 0.387. The third-order valence-electron chi connectivity index (χ3n) is 4.69. The van der Waals surface area contributed by atoms with Crippen LogP contribution in [-0.2, 0) is 0 Å². The van der Waals surface area contributed by atoms with Crippen molar-refractivity contribution < 1.29 is 9.47 Å². The Morgan fingerprint density at radius 3 is 2.24 bits per heavy atom. The van der Waals surface area contributed by atoms with Crippen molar-refractivity contribution in [2.75, 3.05) is 14.2 Å². The third-order valence-corrected chi connectivity index (χ3v) is 4.69. The molecule has 0 heterocycles. The van der Waals surface area contributed by atoms with Crippen LogP contribution in [-0.4, -0.2) is 14.2 Å². The summed E-state index contributed by atoms with van der Waals surface area (Å²) in [6.45, 7) is 4.35. The Bertz CT molecular complexity index is 854. The fourth-order valence-electron chi connectivity index (χ4n) is 3.36. The predicted octanol–water partition coefficient (Wildman–Crippen LogP) is 5.27. The summed E-state index contributed by atoms with van der Waals surface area (Å²) in [4.78, 5) is 0. The predicted molar refractivity (Wildman–Crippen MR) is 103 cm³/mol. The standard InChI is InChI=1S/C22H25NO2/c1-15(19-11-7-9-17-8-5-6-10-20(17)19)23-16(2)21-14-18(24-3)12-13-22(21)25-4/h5-16,23H,1-4H3/t15-,16-/m1/s1. The van der Waals surface area contributed by atoms with Crippen LogP contribution in [0.4, 0.5) is 0 Å². The van der Waals surface area contributed by atoms with Gasteiger partial charge in [0.1, 0.15) is 11.5 Å². The van der Waals surface area contributed by atoms with Crippen LogP contribution in [0.2, 0.25) is 0 Å². The van der Waals surface area contributed by atoms with Crippen molar-refractivity contribution in [2.24, 2.45) is 0 Å². The maximum atomic E-state index is 5.53. The van der Waals surface area contributed by atoms with Crippen molar-refractivity contribution in [2.45, 2.75) is 25.9 Å². The Labute approximate surface area is 149 Å². The van der Waals surface area contributed by atoms with Crippen molar-refractivity contribution in [3.8, 4) is 11.5 Å². The van der Waals surface area contributed by atoms with E-state index in [1.54, 1.807) is 14.2 Å². The third kappa shape index (κ3) is 3.62. The van der Waals surface area contributed by atoms with Crippen molar-refractivity contribution >= 4 is 10.8 Å². The van der Waals surface area contributed by atoms with Gasteiger partial charge in [-0.25, -0.2) is 0 Å². The zero-order valence-electron chi connectivity index (χ0n) is 15.2. The Morgan fingerprint density at radius 1 is 0.760 bits per heavy atom. The van der Waals surface area contributed by atoms with E-state index in [9.17, 15) is 0 Å². The van der Waals surface area contributed by atoms with Crippen LogP contribution in [0.3, 0.4) is 0 Å². The van der Waals surface area contributed by atoms with E-state index in [0.717, 1.165) is 17.1 Å². The summed E-state index contributed by atoms with van der Waals surface area (Å²) in [7, 11) is 3.38. The van der Waals surface area contributed by atoms with Crippen LogP contribution in [0, 0.1) is 0 Å². The van der Waals surface area contributed by atoms with Crippen molar-refractivity contribution in [1.82, 2.24) is 5.32 Å². The average Bonchev–Trinajstić information content (AvgIpc) is 2.66. The second kappa shape index (κ2) is 7.58. The quantitative estimate of drug-likeness (QED) is 0.666. The molecule has 1 N–H and O–H groups in total. The van der Waals surface area contributed by atoms with E-state index in [2.05, 4.69) is 61.6 Å². The summed E-state index contributed by atoms with van der Waals surface area (Å²) < 4.78 is 10.9. The Balaban J connectivity index is 1.88. The van der Waals surface area contributed by atoms with Crippen LogP contribution in [0.5, 0.6) is 11.5 Å². The van der Waals surface area contributed by atoms with Gasteiger partial charge in [0.25, 0.3) is 0 Å². The SMILES string of the molecule is COc1ccc(OC)c([C@@H](C)N[C@H](C)c2cccc3ccccc23)c1. The molecule has 2 atom stereocenters. The Hall–Kier alpha value is -2.52. The van der Waals surface area contributed by atoms with Gasteiger partial charge < -0.3 is 14.8 Å². The van der Waals surface area contributed by atoms with E-state index in [0.29, 0.717) is 0 Å². The van der Waals surface area contributed by atoms with Gasteiger partial charge in [-0.05, 0) is 48.4 Å². The van der Waals surface area contributed by atoms with E-state index in [1.807, 2.05) is 18.2 Å². The molecule has 0 aliphatic rings.